The number of nitrogens with zero attached hydrogens (tertiary/aromatic N) is 1. The van der Waals surface area contributed by atoms with Crippen molar-refractivity contribution in [2.75, 3.05) is 20.6 Å². The van der Waals surface area contributed by atoms with E-state index < -0.39 is 0 Å². The van der Waals surface area contributed by atoms with Crippen molar-refractivity contribution in [1.82, 2.24) is 4.90 Å². The summed E-state index contributed by atoms with van der Waals surface area (Å²) < 4.78 is 18.0. The number of ether oxygens (including phenoxy) is 3. The summed E-state index contributed by atoms with van der Waals surface area (Å²) in [7, 11) is 4.21. The lowest BCUT2D eigenvalue weighted by Crippen LogP contribution is -2.34. The van der Waals surface area contributed by atoms with Crippen molar-refractivity contribution < 1.29 is 28.6 Å². The van der Waals surface area contributed by atoms with Crippen molar-refractivity contribution in [2.45, 2.75) is 244 Å². The SMILES string of the molecule is CC(C)CCC(C(C)C)C(C)OC(=O)CCCCCCCC(CCCCCCCC(=O)OC(C)C(CCC(C)C)C(C)C)OC(=O)CC(C)(C)CC(C)(C)CN(C)C. The Kier molecular flexibility index (Phi) is 29.6. The van der Waals surface area contributed by atoms with Crippen LogP contribution in [0, 0.1) is 46.3 Å². The Morgan fingerprint density at radius 2 is 0.845 bits per heavy atom. The van der Waals surface area contributed by atoms with Gasteiger partial charge in [-0.2, -0.15) is 0 Å². The normalized spacial score (nSPS) is 15.3. The molecule has 0 aromatic heterocycles. The highest BCUT2D eigenvalue weighted by Crippen LogP contribution is 2.37. The molecule has 0 saturated carbocycles. The van der Waals surface area contributed by atoms with E-state index in [1.54, 1.807) is 0 Å². The molecule has 7 nitrogen and oxygen atoms in total. The molecule has 7 heteroatoms. The van der Waals surface area contributed by atoms with Crippen LogP contribution in [0.3, 0.4) is 0 Å². The zero-order chi connectivity index (χ0) is 44.5. The van der Waals surface area contributed by atoms with E-state index in [0.29, 0.717) is 54.8 Å². The van der Waals surface area contributed by atoms with E-state index in [1.165, 1.54) is 0 Å². The van der Waals surface area contributed by atoms with Gasteiger partial charge in [-0.1, -0.05) is 134 Å². The van der Waals surface area contributed by atoms with E-state index in [2.05, 4.69) is 116 Å². The van der Waals surface area contributed by atoms with Crippen LogP contribution in [0.1, 0.15) is 225 Å². The molecule has 0 bridgehead atoms. The van der Waals surface area contributed by atoms with Crippen LogP contribution < -0.4 is 0 Å². The maximum atomic E-state index is 13.4. The third-order valence-corrected chi connectivity index (χ3v) is 12.1. The quantitative estimate of drug-likeness (QED) is 0.0358. The van der Waals surface area contributed by atoms with E-state index in [9.17, 15) is 14.4 Å². The van der Waals surface area contributed by atoms with Crippen LogP contribution in [0.5, 0.6) is 0 Å². The van der Waals surface area contributed by atoms with Crippen molar-refractivity contribution in [3.8, 4) is 0 Å². The van der Waals surface area contributed by atoms with Gasteiger partial charge in [0.25, 0.3) is 0 Å². The van der Waals surface area contributed by atoms with Crippen LogP contribution in [0.15, 0.2) is 0 Å². The van der Waals surface area contributed by atoms with Crippen LogP contribution in [-0.2, 0) is 28.6 Å². The van der Waals surface area contributed by atoms with Gasteiger partial charge in [0, 0.05) is 19.4 Å². The summed E-state index contributed by atoms with van der Waals surface area (Å²) >= 11 is 0. The standard InChI is InChI=1S/C51H99NO6/c1-38(2)31-33-45(40(5)6)42(9)56-47(53)29-25-21-17-19-23-27-44(58-49(55)35-50(11,12)36-51(13,14)37-52(15)16)28-24-20-18-22-26-30-48(54)57-43(10)46(41(7)8)34-32-39(3)4/h38-46H,17-37H2,1-16H3. The van der Waals surface area contributed by atoms with Crippen LogP contribution in [0.2, 0.25) is 0 Å². The molecule has 0 fully saturated rings. The van der Waals surface area contributed by atoms with Gasteiger partial charge in [-0.05, 0) is 132 Å². The largest absolute Gasteiger partial charge is 0.462 e. The van der Waals surface area contributed by atoms with Gasteiger partial charge in [0.05, 0.1) is 6.42 Å². The molecule has 344 valence electrons. The maximum absolute atomic E-state index is 13.4. The fourth-order valence-corrected chi connectivity index (χ4v) is 9.47. The van der Waals surface area contributed by atoms with E-state index >= 15 is 0 Å². The number of hydrogen-bond acceptors (Lipinski definition) is 7. The molecule has 0 rings (SSSR count). The molecule has 0 aromatic rings. The lowest BCUT2D eigenvalue weighted by atomic mass is 9.73. The first kappa shape index (κ1) is 56.4. The molecule has 0 amide bonds. The van der Waals surface area contributed by atoms with Crippen molar-refractivity contribution in [2.24, 2.45) is 46.3 Å². The Morgan fingerprint density at radius 1 is 0.466 bits per heavy atom. The highest BCUT2D eigenvalue weighted by Gasteiger charge is 2.32. The van der Waals surface area contributed by atoms with E-state index in [4.69, 9.17) is 14.2 Å². The predicted octanol–water partition coefficient (Wildman–Crippen LogP) is 14.0. The van der Waals surface area contributed by atoms with Crippen LogP contribution in [-0.4, -0.2) is 61.8 Å². The highest BCUT2D eigenvalue weighted by molar-refractivity contribution is 5.70. The molecule has 0 N–H and O–H groups in total. The van der Waals surface area contributed by atoms with Crippen LogP contribution in [0.4, 0.5) is 0 Å². The average Bonchev–Trinajstić information content (AvgIpc) is 3.05. The molecular formula is C51H99NO6. The third kappa shape index (κ3) is 29.6. The second-order valence-corrected chi connectivity index (χ2v) is 21.8. The van der Waals surface area contributed by atoms with Gasteiger partial charge in [0.2, 0.25) is 0 Å². The van der Waals surface area contributed by atoms with Gasteiger partial charge in [-0.25, -0.2) is 0 Å². The van der Waals surface area contributed by atoms with E-state index in [-0.39, 0.29) is 47.0 Å². The molecule has 58 heavy (non-hydrogen) atoms. The fourth-order valence-electron chi connectivity index (χ4n) is 9.47. The molecule has 0 saturated heterocycles. The number of unbranched alkanes of at least 4 members (excludes halogenated alkanes) is 8. The second kappa shape index (κ2) is 30.4. The molecule has 0 radical (unpaired) electrons. The van der Waals surface area contributed by atoms with Gasteiger partial charge in [0.15, 0.2) is 0 Å². The Balaban J connectivity index is 4.93. The van der Waals surface area contributed by atoms with Gasteiger partial charge in [0.1, 0.15) is 18.3 Å². The van der Waals surface area contributed by atoms with Gasteiger partial charge in [-0.3, -0.25) is 14.4 Å². The summed E-state index contributed by atoms with van der Waals surface area (Å²) in [6.45, 7) is 32.0. The highest BCUT2D eigenvalue weighted by atomic mass is 16.6. The summed E-state index contributed by atoms with van der Waals surface area (Å²) in [5.41, 5.74) is -0.0445. The number of hydrogen-bond donors (Lipinski definition) is 0. The second-order valence-electron chi connectivity index (χ2n) is 21.8. The van der Waals surface area contributed by atoms with Crippen LogP contribution in [0.25, 0.3) is 0 Å². The summed E-state index contributed by atoms with van der Waals surface area (Å²) in [6.07, 6.45) is 18.5. The maximum Gasteiger partial charge on any atom is 0.306 e. The third-order valence-electron chi connectivity index (χ3n) is 12.1. The van der Waals surface area contributed by atoms with Gasteiger partial charge >= 0.3 is 17.9 Å². The molecule has 0 aliphatic rings. The van der Waals surface area contributed by atoms with Gasteiger partial charge < -0.3 is 19.1 Å². The zero-order valence-electron chi connectivity index (χ0n) is 41.4. The van der Waals surface area contributed by atoms with Crippen molar-refractivity contribution in [3.63, 3.8) is 0 Å². The fraction of sp³-hybridized carbons (Fsp3) is 0.941. The lowest BCUT2D eigenvalue weighted by molar-refractivity contribution is -0.153. The molecule has 0 aliphatic carbocycles. The average molecular weight is 822 g/mol. The summed E-state index contributed by atoms with van der Waals surface area (Å²) in [4.78, 5) is 40.9. The molecule has 4 atom stereocenters. The Labute approximate surface area is 361 Å². The molecule has 0 aromatic carbocycles. The van der Waals surface area contributed by atoms with Crippen molar-refractivity contribution in [1.29, 1.82) is 0 Å². The minimum Gasteiger partial charge on any atom is -0.462 e. The van der Waals surface area contributed by atoms with Gasteiger partial charge in [-0.15, -0.1) is 0 Å². The Morgan fingerprint density at radius 3 is 1.21 bits per heavy atom. The van der Waals surface area contributed by atoms with E-state index in [0.717, 1.165) is 116 Å². The van der Waals surface area contributed by atoms with Crippen molar-refractivity contribution in [3.05, 3.63) is 0 Å². The zero-order valence-corrected chi connectivity index (χ0v) is 41.4. The first-order valence-electron chi connectivity index (χ1n) is 24.2. The summed E-state index contributed by atoms with van der Waals surface area (Å²) in [5.74, 6) is 2.90. The van der Waals surface area contributed by atoms with E-state index in [1.807, 2.05) is 0 Å². The first-order valence-corrected chi connectivity index (χ1v) is 24.2. The number of carbonyl (C=O) groups excluding carboxylic acids is 3. The summed E-state index contributed by atoms with van der Waals surface area (Å²) in [6, 6.07) is 0. The minimum absolute atomic E-state index is 0.0410. The lowest BCUT2D eigenvalue weighted by Gasteiger charge is -2.36. The molecule has 0 heterocycles. The van der Waals surface area contributed by atoms with Crippen molar-refractivity contribution >= 4 is 17.9 Å². The molecule has 4 unspecified atom stereocenters. The molecule has 0 spiro atoms. The number of rotatable bonds is 35. The summed E-state index contributed by atoms with van der Waals surface area (Å²) in [5, 5.41) is 0. The topological polar surface area (TPSA) is 82.1 Å². The Hall–Kier alpha value is -1.63. The Bertz CT molecular complexity index is 1020. The smallest absolute Gasteiger partial charge is 0.306 e. The number of esters is 3. The van der Waals surface area contributed by atoms with Crippen LogP contribution >= 0.6 is 0 Å². The first-order chi connectivity index (χ1) is 26.9. The predicted molar refractivity (Wildman–Crippen MR) is 246 cm³/mol. The number of carbonyl (C=O) groups is 3. The molecule has 0 aliphatic heterocycles. The molecular weight excluding hydrogens is 723 g/mol. The minimum atomic E-state index is -0.146. The monoisotopic (exact) mass is 822 g/mol.